The molecule has 0 aromatic heterocycles. The lowest BCUT2D eigenvalue weighted by molar-refractivity contribution is -0.0381. The first-order valence-electron chi connectivity index (χ1n) is 7.08. The van der Waals surface area contributed by atoms with Crippen LogP contribution in [0.15, 0.2) is 18.2 Å². The highest BCUT2D eigenvalue weighted by atomic mass is 35.5. The Balaban J connectivity index is 2.10. The summed E-state index contributed by atoms with van der Waals surface area (Å²) >= 11 is 6.05. The molecule has 1 fully saturated rings. The lowest BCUT2D eigenvalue weighted by Crippen LogP contribution is -2.52. The Bertz CT molecular complexity index is 444. The Morgan fingerprint density at radius 1 is 1.55 bits per heavy atom. The average molecular weight is 301 g/mol. The zero-order valence-corrected chi connectivity index (χ0v) is 12.8. The van der Waals surface area contributed by atoms with Gasteiger partial charge in [-0.05, 0) is 31.6 Å². The molecule has 1 saturated heterocycles. The van der Waals surface area contributed by atoms with Crippen molar-refractivity contribution in [2.45, 2.75) is 25.5 Å². The molecule has 1 aliphatic rings. The normalized spacial score (nSPS) is 21.9. The van der Waals surface area contributed by atoms with Crippen LogP contribution in [0.4, 0.5) is 4.39 Å². The van der Waals surface area contributed by atoms with Gasteiger partial charge in [0.25, 0.3) is 0 Å². The second kappa shape index (κ2) is 7.36. The van der Waals surface area contributed by atoms with Crippen LogP contribution in [0.5, 0.6) is 0 Å². The van der Waals surface area contributed by atoms with E-state index in [1.807, 2.05) is 6.07 Å². The molecular weight excluding hydrogens is 279 g/mol. The van der Waals surface area contributed by atoms with Gasteiger partial charge < -0.3 is 15.0 Å². The molecule has 2 atom stereocenters. The molecule has 5 heteroatoms. The number of nitrogens with zero attached hydrogens (tertiary/aromatic N) is 1. The molecular formula is C15H22ClFN2O. The Kier molecular flexibility index (Phi) is 5.78. The van der Waals surface area contributed by atoms with E-state index in [0.717, 1.165) is 31.8 Å². The first-order valence-corrected chi connectivity index (χ1v) is 7.46. The summed E-state index contributed by atoms with van der Waals surface area (Å²) in [6.07, 6.45) is 0.774. The van der Waals surface area contributed by atoms with Crippen molar-refractivity contribution in [3.05, 3.63) is 34.6 Å². The summed E-state index contributed by atoms with van der Waals surface area (Å²) in [5.74, 6) is -0.360. The SMILES string of the molecule is CCNC(Cc1cccc(F)c1Cl)C1CN(C)CCO1. The smallest absolute Gasteiger partial charge is 0.142 e. The third-order valence-corrected chi connectivity index (χ3v) is 4.11. The number of hydrogen-bond acceptors (Lipinski definition) is 3. The average Bonchev–Trinajstić information content (AvgIpc) is 2.43. The standard InChI is InChI=1S/C15H22ClFN2O/c1-3-18-13(14-10-19(2)7-8-20-14)9-11-5-4-6-12(17)15(11)16/h4-6,13-14,18H,3,7-10H2,1-2H3. The molecule has 1 heterocycles. The summed E-state index contributed by atoms with van der Waals surface area (Å²) in [5.41, 5.74) is 0.828. The van der Waals surface area contributed by atoms with Gasteiger partial charge in [0.2, 0.25) is 0 Å². The van der Waals surface area contributed by atoms with E-state index in [-0.39, 0.29) is 23.0 Å². The zero-order chi connectivity index (χ0) is 14.5. The molecule has 2 rings (SSSR count). The van der Waals surface area contributed by atoms with E-state index in [1.165, 1.54) is 6.07 Å². The van der Waals surface area contributed by atoms with Crippen LogP contribution in [0.2, 0.25) is 5.02 Å². The number of rotatable bonds is 5. The van der Waals surface area contributed by atoms with Crippen LogP contribution in [-0.2, 0) is 11.2 Å². The van der Waals surface area contributed by atoms with Crippen molar-refractivity contribution in [2.75, 3.05) is 33.3 Å². The van der Waals surface area contributed by atoms with Crippen LogP contribution in [0.1, 0.15) is 12.5 Å². The number of nitrogens with one attached hydrogen (secondary N) is 1. The highest BCUT2D eigenvalue weighted by Gasteiger charge is 2.27. The van der Waals surface area contributed by atoms with Crippen LogP contribution in [0, 0.1) is 5.82 Å². The van der Waals surface area contributed by atoms with Crippen LogP contribution in [0.25, 0.3) is 0 Å². The second-order valence-electron chi connectivity index (χ2n) is 5.25. The van der Waals surface area contributed by atoms with Crippen molar-refractivity contribution < 1.29 is 9.13 Å². The summed E-state index contributed by atoms with van der Waals surface area (Å²) in [5, 5.41) is 3.66. The molecule has 1 aromatic rings. The van der Waals surface area contributed by atoms with Crippen LogP contribution < -0.4 is 5.32 Å². The minimum Gasteiger partial charge on any atom is -0.374 e. The van der Waals surface area contributed by atoms with Crippen LogP contribution in [-0.4, -0.2) is 50.3 Å². The van der Waals surface area contributed by atoms with Gasteiger partial charge >= 0.3 is 0 Å². The minimum absolute atomic E-state index is 0.105. The van der Waals surface area contributed by atoms with E-state index >= 15 is 0 Å². The predicted octanol–water partition coefficient (Wildman–Crippen LogP) is 2.33. The first-order chi connectivity index (χ1) is 9.61. The first kappa shape index (κ1) is 15.7. The summed E-state index contributed by atoms with van der Waals surface area (Å²) in [6, 6.07) is 5.11. The lowest BCUT2D eigenvalue weighted by Gasteiger charge is -2.35. The summed E-state index contributed by atoms with van der Waals surface area (Å²) < 4.78 is 19.4. The molecule has 0 aliphatic carbocycles. The molecule has 1 N–H and O–H groups in total. The molecule has 1 aliphatic heterocycles. The van der Waals surface area contributed by atoms with E-state index in [4.69, 9.17) is 16.3 Å². The van der Waals surface area contributed by atoms with Gasteiger partial charge in [-0.2, -0.15) is 0 Å². The third kappa shape index (κ3) is 3.92. The van der Waals surface area contributed by atoms with Crippen LogP contribution >= 0.6 is 11.6 Å². The van der Waals surface area contributed by atoms with Crippen molar-refractivity contribution >= 4 is 11.6 Å². The summed E-state index contributed by atoms with van der Waals surface area (Å²) in [4.78, 5) is 2.26. The van der Waals surface area contributed by atoms with Gasteiger partial charge in [0.1, 0.15) is 5.82 Å². The van der Waals surface area contributed by atoms with E-state index in [2.05, 4.69) is 24.2 Å². The van der Waals surface area contributed by atoms with Gasteiger partial charge in [0.05, 0.1) is 17.7 Å². The van der Waals surface area contributed by atoms with Gasteiger partial charge in [-0.1, -0.05) is 30.7 Å². The lowest BCUT2D eigenvalue weighted by atomic mass is 9.99. The summed E-state index contributed by atoms with van der Waals surface area (Å²) in [7, 11) is 2.09. The van der Waals surface area contributed by atoms with E-state index in [0.29, 0.717) is 6.42 Å². The number of benzene rings is 1. The molecule has 0 bridgehead atoms. The Labute approximate surface area is 125 Å². The van der Waals surface area contributed by atoms with Crippen molar-refractivity contribution in [1.82, 2.24) is 10.2 Å². The second-order valence-corrected chi connectivity index (χ2v) is 5.63. The molecule has 112 valence electrons. The number of ether oxygens (including phenoxy) is 1. The number of likely N-dealkylation sites (N-methyl/N-ethyl adjacent to an activating group) is 2. The van der Waals surface area contributed by atoms with Gasteiger partial charge in [0.15, 0.2) is 0 Å². The largest absolute Gasteiger partial charge is 0.374 e. The molecule has 0 amide bonds. The fourth-order valence-corrected chi connectivity index (χ4v) is 2.80. The molecule has 20 heavy (non-hydrogen) atoms. The molecule has 0 radical (unpaired) electrons. The molecule has 0 spiro atoms. The Hall–Kier alpha value is -0.680. The quantitative estimate of drug-likeness (QED) is 0.903. The van der Waals surface area contributed by atoms with Gasteiger partial charge in [-0.25, -0.2) is 4.39 Å². The van der Waals surface area contributed by atoms with Gasteiger partial charge in [0, 0.05) is 19.1 Å². The highest BCUT2D eigenvalue weighted by Crippen LogP contribution is 2.22. The van der Waals surface area contributed by atoms with E-state index in [9.17, 15) is 4.39 Å². The zero-order valence-electron chi connectivity index (χ0n) is 12.0. The maximum atomic E-state index is 13.5. The molecule has 0 saturated carbocycles. The fraction of sp³-hybridized carbons (Fsp3) is 0.600. The van der Waals surface area contributed by atoms with E-state index < -0.39 is 0 Å². The number of morpholine rings is 1. The fourth-order valence-electron chi connectivity index (χ4n) is 2.59. The van der Waals surface area contributed by atoms with Crippen molar-refractivity contribution in [3.8, 4) is 0 Å². The maximum absolute atomic E-state index is 13.5. The molecule has 3 nitrogen and oxygen atoms in total. The van der Waals surface area contributed by atoms with Gasteiger partial charge in [-0.15, -0.1) is 0 Å². The Morgan fingerprint density at radius 3 is 3.05 bits per heavy atom. The van der Waals surface area contributed by atoms with E-state index in [1.54, 1.807) is 6.07 Å². The van der Waals surface area contributed by atoms with Gasteiger partial charge in [-0.3, -0.25) is 0 Å². The Morgan fingerprint density at radius 2 is 2.35 bits per heavy atom. The maximum Gasteiger partial charge on any atom is 0.142 e. The monoisotopic (exact) mass is 300 g/mol. The number of halogens is 2. The summed E-state index contributed by atoms with van der Waals surface area (Å²) in [6.45, 7) is 5.48. The topological polar surface area (TPSA) is 24.5 Å². The van der Waals surface area contributed by atoms with Crippen molar-refractivity contribution in [3.63, 3.8) is 0 Å². The minimum atomic E-state index is -0.360. The predicted molar refractivity (Wildman–Crippen MR) is 79.8 cm³/mol. The van der Waals surface area contributed by atoms with Crippen LogP contribution in [0.3, 0.4) is 0 Å². The molecule has 1 aromatic carbocycles. The molecule has 2 unspecified atom stereocenters. The highest BCUT2D eigenvalue weighted by molar-refractivity contribution is 6.31. The van der Waals surface area contributed by atoms with Crippen molar-refractivity contribution in [2.24, 2.45) is 0 Å². The van der Waals surface area contributed by atoms with Crippen molar-refractivity contribution in [1.29, 1.82) is 0 Å². The number of hydrogen-bond donors (Lipinski definition) is 1. The third-order valence-electron chi connectivity index (χ3n) is 3.68.